The Morgan fingerprint density at radius 2 is 1.96 bits per heavy atom. The predicted molar refractivity (Wildman–Crippen MR) is 82.7 cm³/mol. The maximum atomic E-state index is 13.6. The van der Waals surface area contributed by atoms with Crippen LogP contribution in [0.1, 0.15) is 33.1 Å². The second-order valence-electron chi connectivity index (χ2n) is 5.71. The molecule has 1 atom stereocenters. The summed E-state index contributed by atoms with van der Waals surface area (Å²) in [6, 6.07) is 10.2. The minimum Gasteiger partial charge on any atom is -0.479 e. The summed E-state index contributed by atoms with van der Waals surface area (Å²) in [5.74, 6) is -2.05. The lowest BCUT2D eigenvalue weighted by molar-refractivity contribution is -0.143. The summed E-state index contributed by atoms with van der Waals surface area (Å²) in [5.41, 5.74) is 2.35. The van der Waals surface area contributed by atoms with E-state index in [0.717, 1.165) is 11.6 Å². The number of hydrogen-bond donors (Lipinski definition) is 1. The number of carboxylic acids is 1. The normalized spacial score (nSPS) is 16.8. The molecule has 2 aromatic carbocycles. The SMILES string of the molecule is Cc1cc(F)cc(C(=O)N2CCc3ccccc3C2C(=O)O)c1. The molecule has 1 amide bonds. The van der Waals surface area contributed by atoms with Gasteiger partial charge in [0.05, 0.1) is 0 Å². The van der Waals surface area contributed by atoms with Gasteiger partial charge in [-0.1, -0.05) is 24.3 Å². The van der Waals surface area contributed by atoms with Crippen LogP contribution in [0.5, 0.6) is 0 Å². The molecule has 0 saturated heterocycles. The number of hydrogen-bond acceptors (Lipinski definition) is 2. The van der Waals surface area contributed by atoms with E-state index >= 15 is 0 Å². The van der Waals surface area contributed by atoms with Crippen molar-refractivity contribution >= 4 is 11.9 Å². The van der Waals surface area contributed by atoms with E-state index in [1.807, 2.05) is 12.1 Å². The fourth-order valence-corrected chi connectivity index (χ4v) is 3.08. The van der Waals surface area contributed by atoms with Crippen molar-refractivity contribution in [2.24, 2.45) is 0 Å². The number of amides is 1. The molecule has 0 spiro atoms. The van der Waals surface area contributed by atoms with E-state index in [-0.39, 0.29) is 5.56 Å². The average Bonchev–Trinajstić information content (AvgIpc) is 2.51. The molecule has 23 heavy (non-hydrogen) atoms. The van der Waals surface area contributed by atoms with E-state index in [9.17, 15) is 19.1 Å². The Morgan fingerprint density at radius 1 is 1.22 bits per heavy atom. The molecule has 118 valence electrons. The molecule has 0 saturated carbocycles. The molecule has 0 radical (unpaired) electrons. The summed E-state index contributed by atoms with van der Waals surface area (Å²) in [6.45, 7) is 1.99. The van der Waals surface area contributed by atoms with Crippen molar-refractivity contribution in [3.05, 3.63) is 70.5 Å². The van der Waals surface area contributed by atoms with Gasteiger partial charge in [-0.2, -0.15) is 0 Å². The molecule has 0 aliphatic carbocycles. The number of carbonyl (C=O) groups is 2. The fourth-order valence-electron chi connectivity index (χ4n) is 3.08. The van der Waals surface area contributed by atoms with Crippen LogP contribution in [-0.4, -0.2) is 28.4 Å². The first kappa shape index (κ1) is 15.2. The third-order valence-corrected chi connectivity index (χ3v) is 4.07. The number of aryl methyl sites for hydroxylation is 1. The molecule has 3 rings (SSSR count). The molecule has 0 aromatic heterocycles. The number of nitrogens with zero attached hydrogens (tertiary/aromatic N) is 1. The summed E-state index contributed by atoms with van der Waals surface area (Å²) in [7, 11) is 0. The van der Waals surface area contributed by atoms with Gasteiger partial charge >= 0.3 is 5.97 Å². The van der Waals surface area contributed by atoms with Crippen LogP contribution in [-0.2, 0) is 11.2 Å². The number of carboxylic acid groups (broad SMARTS) is 1. The van der Waals surface area contributed by atoms with E-state index in [1.165, 1.54) is 11.0 Å². The minimum atomic E-state index is -1.08. The number of carbonyl (C=O) groups excluding carboxylic acids is 1. The van der Waals surface area contributed by atoms with Crippen molar-refractivity contribution in [3.63, 3.8) is 0 Å². The molecule has 1 aliphatic heterocycles. The zero-order valence-electron chi connectivity index (χ0n) is 12.6. The van der Waals surface area contributed by atoms with Gasteiger partial charge in [0.1, 0.15) is 5.82 Å². The summed E-state index contributed by atoms with van der Waals surface area (Å²) >= 11 is 0. The lowest BCUT2D eigenvalue weighted by Gasteiger charge is -2.34. The Labute approximate surface area is 133 Å². The van der Waals surface area contributed by atoms with Crippen LogP contribution in [0.4, 0.5) is 4.39 Å². The molecule has 0 fully saturated rings. The highest BCUT2D eigenvalue weighted by Gasteiger charge is 2.36. The molecular formula is C18H16FNO3. The van der Waals surface area contributed by atoms with Gasteiger partial charge in [-0.05, 0) is 48.2 Å². The lowest BCUT2D eigenvalue weighted by Crippen LogP contribution is -2.43. The average molecular weight is 313 g/mol. The second kappa shape index (κ2) is 5.83. The Bertz CT molecular complexity index is 767. The minimum absolute atomic E-state index is 0.174. The van der Waals surface area contributed by atoms with Gasteiger partial charge in [0.25, 0.3) is 5.91 Å². The van der Waals surface area contributed by atoms with Crippen molar-refractivity contribution in [1.29, 1.82) is 0 Å². The van der Waals surface area contributed by atoms with Crippen LogP contribution in [0, 0.1) is 12.7 Å². The summed E-state index contributed by atoms with van der Waals surface area (Å²) in [5, 5.41) is 9.59. The summed E-state index contributed by atoms with van der Waals surface area (Å²) in [6.07, 6.45) is 0.583. The van der Waals surface area contributed by atoms with E-state index in [2.05, 4.69) is 0 Å². The molecule has 1 heterocycles. The lowest BCUT2D eigenvalue weighted by atomic mass is 9.92. The highest BCUT2D eigenvalue weighted by Crippen LogP contribution is 2.31. The maximum Gasteiger partial charge on any atom is 0.331 e. The van der Waals surface area contributed by atoms with Crippen LogP contribution in [0.3, 0.4) is 0 Å². The first-order valence-electron chi connectivity index (χ1n) is 7.36. The van der Waals surface area contributed by atoms with E-state index in [0.29, 0.717) is 24.1 Å². The standard InChI is InChI=1S/C18H16FNO3/c1-11-8-13(10-14(19)9-11)17(21)20-7-6-12-4-2-3-5-15(12)16(20)18(22)23/h2-5,8-10,16H,6-7H2,1H3,(H,22,23). The fraction of sp³-hybridized carbons (Fsp3) is 0.222. The topological polar surface area (TPSA) is 57.6 Å². The van der Waals surface area contributed by atoms with Crippen molar-refractivity contribution in [1.82, 2.24) is 4.90 Å². The molecule has 0 bridgehead atoms. The van der Waals surface area contributed by atoms with E-state index in [4.69, 9.17) is 0 Å². The van der Waals surface area contributed by atoms with Gasteiger partial charge in [-0.15, -0.1) is 0 Å². The van der Waals surface area contributed by atoms with Gasteiger partial charge in [0.2, 0.25) is 0 Å². The molecule has 4 nitrogen and oxygen atoms in total. The van der Waals surface area contributed by atoms with Crippen molar-refractivity contribution in [2.75, 3.05) is 6.54 Å². The van der Waals surface area contributed by atoms with E-state index in [1.54, 1.807) is 25.1 Å². The van der Waals surface area contributed by atoms with Gasteiger partial charge in [-0.25, -0.2) is 9.18 Å². The highest BCUT2D eigenvalue weighted by molar-refractivity contribution is 5.97. The smallest absolute Gasteiger partial charge is 0.331 e. The van der Waals surface area contributed by atoms with Crippen LogP contribution in [0.2, 0.25) is 0 Å². The molecule has 1 unspecified atom stereocenters. The van der Waals surface area contributed by atoms with Crippen LogP contribution in [0.15, 0.2) is 42.5 Å². The van der Waals surface area contributed by atoms with Gasteiger partial charge in [0.15, 0.2) is 6.04 Å². The van der Waals surface area contributed by atoms with Crippen molar-refractivity contribution in [2.45, 2.75) is 19.4 Å². The third-order valence-electron chi connectivity index (χ3n) is 4.07. The van der Waals surface area contributed by atoms with Crippen molar-refractivity contribution < 1.29 is 19.1 Å². The van der Waals surface area contributed by atoms with Gasteiger partial charge in [-0.3, -0.25) is 4.79 Å². The number of benzene rings is 2. The summed E-state index contributed by atoms with van der Waals surface area (Å²) in [4.78, 5) is 25.8. The molecular weight excluding hydrogens is 297 g/mol. The molecule has 1 aliphatic rings. The predicted octanol–water partition coefficient (Wildman–Crippen LogP) is 2.96. The number of halogens is 1. The number of fused-ring (bicyclic) bond motifs is 1. The molecule has 2 aromatic rings. The molecule has 1 N–H and O–H groups in total. The third kappa shape index (κ3) is 2.82. The van der Waals surface area contributed by atoms with Crippen LogP contribution < -0.4 is 0 Å². The first-order chi connectivity index (χ1) is 11.0. The zero-order valence-corrected chi connectivity index (χ0v) is 12.6. The highest BCUT2D eigenvalue weighted by atomic mass is 19.1. The Hall–Kier alpha value is -2.69. The second-order valence-corrected chi connectivity index (χ2v) is 5.71. The number of rotatable bonds is 2. The van der Waals surface area contributed by atoms with Crippen LogP contribution >= 0.6 is 0 Å². The Kier molecular flexibility index (Phi) is 3.86. The maximum absolute atomic E-state index is 13.6. The van der Waals surface area contributed by atoms with Crippen LogP contribution in [0.25, 0.3) is 0 Å². The molecule has 5 heteroatoms. The summed E-state index contributed by atoms with van der Waals surface area (Å²) < 4.78 is 13.6. The first-order valence-corrected chi connectivity index (χ1v) is 7.36. The Morgan fingerprint density at radius 3 is 2.65 bits per heavy atom. The number of aliphatic carboxylic acids is 1. The Balaban J connectivity index is 2.02. The zero-order chi connectivity index (χ0) is 16.6. The monoisotopic (exact) mass is 313 g/mol. The quantitative estimate of drug-likeness (QED) is 0.927. The van der Waals surface area contributed by atoms with Gasteiger partial charge in [0, 0.05) is 12.1 Å². The largest absolute Gasteiger partial charge is 0.479 e. The van der Waals surface area contributed by atoms with Crippen molar-refractivity contribution in [3.8, 4) is 0 Å². The van der Waals surface area contributed by atoms with E-state index < -0.39 is 23.7 Å². The van der Waals surface area contributed by atoms with Gasteiger partial charge < -0.3 is 10.0 Å².